The van der Waals surface area contributed by atoms with Gasteiger partial charge in [0.15, 0.2) is 0 Å². The first-order valence-corrected chi connectivity index (χ1v) is 3.42. The van der Waals surface area contributed by atoms with E-state index < -0.39 is 11.4 Å². The maximum Gasteiger partial charge on any atom is 0.401 e. The molecule has 1 aliphatic rings. The smallest absolute Gasteiger partial charge is 0.170 e. The Bertz CT molecular complexity index is 119. The molecule has 52 valence electrons. The molecule has 0 spiro atoms. The third-order valence-corrected chi connectivity index (χ3v) is 2.19. The molecule has 0 nitrogen and oxygen atoms in total. The molecular formula is C5H5F3S. The molecule has 0 aromatic rings. The average molecular weight is 154 g/mol. The monoisotopic (exact) mass is 154 g/mol. The molecule has 1 atom stereocenters. The Balaban J connectivity index is 2.46. The summed E-state index contributed by atoms with van der Waals surface area (Å²) in [5, 5.41) is 0.315. The maximum atomic E-state index is 11.7. The second kappa shape index (κ2) is 2.25. The van der Waals surface area contributed by atoms with Gasteiger partial charge >= 0.3 is 6.18 Å². The van der Waals surface area contributed by atoms with Gasteiger partial charge in [-0.3, -0.25) is 0 Å². The predicted octanol–water partition coefficient (Wildman–Crippen LogP) is 2.57. The van der Waals surface area contributed by atoms with E-state index in [1.165, 1.54) is 5.41 Å². The molecule has 0 aromatic heterocycles. The van der Waals surface area contributed by atoms with Crippen molar-refractivity contribution in [1.82, 2.24) is 0 Å². The molecular weight excluding hydrogens is 149 g/mol. The quantitative estimate of drug-likeness (QED) is 0.516. The van der Waals surface area contributed by atoms with Gasteiger partial charge in [-0.25, -0.2) is 0 Å². The van der Waals surface area contributed by atoms with Crippen LogP contribution in [0.15, 0.2) is 11.5 Å². The zero-order valence-electron chi connectivity index (χ0n) is 4.48. The van der Waals surface area contributed by atoms with E-state index in [-0.39, 0.29) is 6.42 Å². The molecule has 1 unspecified atom stereocenters. The number of rotatable bonds is 0. The van der Waals surface area contributed by atoms with E-state index in [2.05, 4.69) is 0 Å². The van der Waals surface area contributed by atoms with E-state index in [9.17, 15) is 13.2 Å². The largest absolute Gasteiger partial charge is 0.401 e. The molecule has 0 saturated heterocycles. The van der Waals surface area contributed by atoms with Gasteiger partial charge in [0, 0.05) is 0 Å². The van der Waals surface area contributed by atoms with Crippen LogP contribution in [-0.2, 0) is 0 Å². The lowest BCUT2D eigenvalue weighted by molar-refractivity contribution is -0.127. The fourth-order valence-corrected chi connectivity index (χ4v) is 1.38. The summed E-state index contributed by atoms with van der Waals surface area (Å²) in [5.41, 5.74) is 0. The fraction of sp³-hybridized carbons (Fsp3) is 0.600. The lowest BCUT2D eigenvalue weighted by Crippen LogP contribution is -2.22. The van der Waals surface area contributed by atoms with E-state index in [0.29, 0.717) is 0 Å². The van der Waals surface area contributed by atoms with Gasteiger partial charge in [0.25, 0.3) is 0 Å². The van der Waals surface area contributed by atoms with Gasteiger partial charge in [0.05, 0.1) is 0 Å². The van der Waals surface area contributed by atoms with Crippen LogP contribution in [0.25, 0.3) is 0 Å². The number of hydrogen-bond acceptors (Lipinski definition) is 1. The summed E-state index contributed by atoms with van der Waals surface area (Å²) in [5.74, 6) is 0. The van der Waals surface area contributed by atoms with Crippen LogP contribution in [-0.4, -0.2) is 11.4 Å². The molecule has 0 radical (unpaired) electrons. The SMILES string of the molecule is FC(F)(F)C1CC=CS1. The highest BCUT2D eigenvalue weighted by Crippen LogP contribution is 2.37. The molecule has 0 saturated carbocycles. The number of thioether (sulfide) groups is 1. The van der Waals surface area contributed by atoms with Crippen LogP contribution in [0.3, 0.4) is 0 Å². The van der Waals surface area contributed by atoms with E-state index in [1.807, 2.05) is 0 Å². The summed E-state index contributed by atoms with van der Waals surface area (Å²) < 4.78 is 35.1. The van der Waals surface area contributed by atoms with Crippen LogP contribution in [0, 0.1) is 0 Å². The minimum absolute atomic E-state index is 0.133. The van der Waals surface area contributed by atoms with Crippen molar-refractivity contribution in [2.75, 3.05) is 0 Å². The van der Waals surface area contributed by atoms with E-state index in [1.54, 1.807) is 6.08 Å². The molecule has 1 heterocycles. The molecule has 0 aliphatic carbocycles. The first-order valence-electron chi connectivity index (χ1n) is 2.48. The topological polar surface area (TPSA) is 0 Å². The highest BCUT2D eigenvalue weighted by atomic mass is 32.2. The number of hydrogen-bond donors (Lipinski definition) is 0. The lowest BCUT2D eigenvalue weighted by atomic mass is 10.3. The second-order valence-electron chi connectivity index (χ2n) is 1.77. The Labute approximate surface area is 55.1 Å². The summed E-state index contributed by atoms with van der Waals surface area (Å²) >= 11 is 0.844. The van der Waals surface area contributed by atoms with E-state index >= 15 is 0 Å². The van der Waals surface area contributed by atoms with Crippen LogP contribution in [0.1, 0.15) is 6.42 Å². The van der Waals surface area contributed by atoms with Crippen molar-refractivity contribution in [2.45, 2.75) is 17.8 Å². The van der Waals surface area contributed by atoms with Crippen molar-refractivity contribution in [3.05, 3.63) is 11.5 Å². The first-order chi connectivity index (χ1) is 4.11. The second-order valence-corrected chi connectivity index (χ2v) is 2.89. The van der Waals surface area contributed by atoms with Crippen LogP contribution in [0.2, 0.25) is 0 Å². The Hall–Kier alpha value is -0.120. The lowest BCUT2D eigenvalue weighted by Gasteiger charge is -2.11. The molecule has 4 heteroatoms. The standard InChI is InChI=1S/C5H5F3S/c6-5(7,8)4-2-1-3-9-4/h1,3-4H,2H2. The predicted molar refractivity (Wildman–Crippen MR) is 31.2 cm³/mol. The zero-order chi connectivity index (χ0) is 6.91. The Morgan fingerprint density at radius 3 is 2.33 bits per heavy atom. The molecule has 9 heavy (non-hydrogen) atoms. The summed E-state index contributed by atoms with van der Waals surface area (Å²) in [4.78, 5) is 0. The third-order valence-electron chi connectivity index (χ3n) is 1.05. The molecule has 0 amide bonds. The van der Waals surface area contributed by atoms with Gasteiger partial charge in [0.2, 0.25) is 0 Å². The van der Waals surface area contributed by atoms with Crippen molar-refractivity contribution in [3.63, 3.8) is 0 Å². The van der Waals surface area contributed by atoms with Gasteiger partial charge in [-0.2, -0.15) is 13.2 Å². The van der Waals surface area contributed by atoms with Gasteiger partial charge in [0.1, 0.15) is 5.25 Å². The molecule has 1 aliphatic heterocycles. The normalized spacial score (nSPS) is 27.2. The number of halogens is 3. The Morgan fingerprint density at radius 1 is 1.44 bits per heavy atom. The van der Waals surface area contributed by atoms with Crippen molar-refractivity contribution >= 4 is 11.8 Å². The van der Waals surface area contributed by atoms with Crippen LogP contribution >= 0.6 is 11.8 Å². The molecule has 0 aromatic carbocycles. The maximum absolute atomic E-state index is 11.7. The number of alkyl halides is 3. The van der Waals surface area contributed by atoms with E-state index in [4.69, 9.17) is 0 Å². The summed E-state index contributed by atoms with van der Waals surface area (Å²) in [6, 6.07) is 0. The van der Waals surface area contributed by atoms with Crippen molar-refractivity contribution < 1.29 is 13.2 Å². The molecule has 0 bridgehead atoms. The minimum atomic E-state index is -4.02. The van der Waals surface area contributed by atoms with Crippen molar-refractivity contribution in [1.29, 1.82) is 0 Å². The van der Waals surface area contributed by atoms with Crippen LogP contribution in [0.5, 0.6) is 0 Å². The Kier molecular flexibility index (Phi) is 1.75. The summed E-state index contributed by atoms with van der Waals surface area (Å²) in [6.45, 7) is 0. The molecule has 1 rings (SSSR count). The third kappa shape index (κ3) is 1.64. The average Bonchev–Trinajstić information content (AvgIpc) is 2.08. The number of allylic oxidation sites excluding steroid dienone is 1. The van der Waals surface area contributed by atoms with Gasteiger partial charge < -0.3 is 0 Å². The van der Waals surface area contributed by atoms with Gasteiger partial charge in [-0.15, -0.1) is 11.8 Å². The Morgan fingerprint density at radius 2 is 2.11 bits per heavy atom. The van der Waals surface area contributed by atoms with Gasteiger partial charge in [-0.1, -0.05) is 6.08 Å². The fourth-order valence-electron chi connectivity index (χ4n) is 0.596. The molecule has 0 fully saturated rings. The van der Waals surface area contributed by atoms with Crippen LogP contribution < -0.4 is 0 Å². The zero-order valence-corrected chi connectivity index (χ0v) is 5.30. The summed E-state index contributed by atoms with van der Waals surface area (Å²) in [6.07, 6.45) is -2.34. The summed E-state index contributed by atoms with van der Waals surface area (Å²) in [7, 11) is 0. The molecule has 0 N–H and O–H groups in total. The van der Waals surface area contributed by atoms with Crippen LogP contribution in [0.4, 0.5) is 13.2 Å². The minimum Gasteiger partial charge on any atom is -0.170 e. The van der Waals surface area contributed by atoms with Gasteiger partial charge in [-0.05, 0) is 11.8 Å². The highest BCUT2D eigenvalue weighted by Gasteiger charge is 2.40. The first kappa shape index (κ1) is 6.99. The van der Waals surface area contributed by atoms with Crippen molar-refractivity contribution in [2.24, 2.45) is 0 Å². The highest BCUT2D eigenvalue weighted by molar-refractivity contribution is 8.03. The van der Waals surface area contributed by atoms with Crippen molar-refractivity contribution in [3.8, 4) is 0 Å². The van der Waals surface area contributed by atoms with E-state index in [0.717, 1.165) is 11.8 Å².